The summed E-state index contributed by atoms with van der Waals surface area (Å²) in [6, 6.07) is 4.09. The predicted molar refractivity (Wildman–Crippen MR) is 69.9 cm³/mol. The highest BCUT2D eigenvalue weighted by atomic mass is 32.1. The molecule has 3 N–H and O–H groups in total. The van der Waals surface area contributed by atoms with E-state index in [1.54, 1.807) is 11.3 Å². The van der Waals surface area contributed by atoms with Crippen LogP contribution in [-0.2, 0) is 6.54 Å². The lowest BCUT2D eigenvalue weighted by atomic mass is 10.1. The van der Waals surface area contributed by atoms with Crippen LogP contribution < -0.4 is 5.32 Å². The molecule has 2 aromatic rings. The Morgan fingerprint density at radius 1 is 1.53 bits per heavy atom. The summed E-state index contributed by atoms with van der Waals surface area (Å²) in [4.78, 5) is 1.18. The lowest BCUT2D eigenvalue weighted by molar-refractivity contribution is 0.187. The van der Waals surface area contributed by atoms with Gasteiger partial charge >= 0.3 is 0 Å². The minimum Gasteiger partial charge on any atom is -0.394 e. The van der Waals surface area contributed by atoms with Crippen LogP contribution in [0.2, 0.25) is 0 Å². The van der Waals surface area contributed by atoms with E-state index in [9.17, 15) is 5.11 Å². The Morgan fingerprint density at radius 2 is 2.35 bits per heavy atom. The lowest BCUT2D eigenvalue weighted by Gasteiger charge is -2.23. The summed E-state index contributed by atoms with van der Waals surface area (Å²) >= 11 is 1.69. The number of nitrogens with one attached hydrogen (secondary N) is 2. The quantitative estimate of drug-likeness (QED) is 0.761. The minimum atomic E-state index is -0.274. The summed E-state index contributed by atoms with van der Waals surface area (Å²) in [6.07, 6.45) is 1.83. The average molecular weight is 251 g/mol. The first-order valence-electron chi connectivity index (χ1n) is 5.54. The highest BCUT2D eigenvalue weighted by molar-refractivity contribution is 7.13. The molecule has 2 heterocycles. The van der Waals surface area contributed by atoms with E-state index in [0.717, 1.165) is 11.3 Å². The summed E-state index contributed by atoms with van der Waals surface area (Å²) < 4.78 is 0. The Bertz CT molecular complexity index is 462. The standard InChI is InChI=1S/C12H17N3OS/c1-12(2,8-16)13-6-9-7-14-15-11(9)10-4-3-5-17-10/h3-5,7,13,16H,6,8H2,1-2H3,(H,14,15). The molecule has 0 radical (unpaired) electrons. The molecule has 0 atom stereocenters. The Kier molecular flexibility index (Phi) is 3.61. The van der Waals surface area contributed by atoms with E-state index in [0.29, 0.717) is 6.54 Å². The van der Waals surface area contributed by atoms with Crippen molar-refractivity contribution in [3.63, 3.8) is 0 Å². The van der Waals surface area contributed by atoms with Crippen molar-refractivity contribution >= 4 is 11.3 Å². The molecule has 17 heavy (non-hydrogen) atoms. The molecule has 0 saturated heterocycles. The second kappa shape index (κ2) is 5.00. The van der Waals surface area contributed by atoms with Crippen LogP contribution in [0, 0.1) is 0 Å². The van der Waals surface area contributed by atoms with Gasteiger partial charge in [0, 0.05) is 17.6 Å². The molecule has 0 unspecified atom stereocenters. The zero-order chi connectivity index (χ0) is 12.3. The number of aliphatic hydroxyl groups excluding tert-OH is 1. The van der Waals surface area contributed by atoms with Gasteiger partial charge in [-0.2, -0.15) is 5.10 Å². The topological polar surface area (TPSA) is 60.9 Å². The molecule has 2 rings (SSSR count). The smallest absolute Gasteiger partial charge is 0.0794 e. The monoisotopic (exact) mass is 251 g/mol. The van der Waals surface area contributed by atoms with Gasteiger partial charge in [-0.3, -0.25) is 5.10 Å². The van der Waals surface area contributed by atoms with Crippen LogP contribution in [0.3, 0.4) is 0 Å². The van der Waals surface area contributed by atoms with Crippen LogP contribution in [0.1, 0.15) is 19.4 Å². The van der Waals surface area contributed by atoms with Crippen LogP contribution in [0.5, 0.6) is 0 Å². The van der Waals surface area contributed by atoms with E-state index in [4.69, 9.17) is 0 Å². The summed E-state index contributed by atoms with van der Waals surface area (Å²) in [5.41, 5.74) is 1.90. The van der Waals surface area contributed by atoms with Crippen molar-refractivity contribution in [2.45, 2.75) is 25.9 Å². The molecule has 5 heteroatoms. The fourth-order valence-corrected chi connectivity index (χ4v) is 2.23. The van der Waals surface area contributed by atoms with E-state index in [1.807, 2.05) is 31.5 Å². The SMILES string of the molecule is CC(C)(CO)NCc1cn[nH]c1-c1cccs1. The third-order valence-corrected chi connectivity index (χ3v) is 3.53. The van der Waals surface area contributed by atoms with Crippen molar-refractivity contribution < 1.29 is 5.11 Å². The summed E-state index contributed by atoms with van der Waals surface area (Å²) in [6.45, 7) is 4.74. The van der Waals surface area contributed by atoms with Crippen molar-refractivity contribution in [1.29, 1.82) is 0 Å². The van der Waals surface area contributed by atoms with E-state index < -0.39 is 0 Å². The average Bonchev–Trinajstić information content (AvgIpc) is 2.96. The Balaban J connectivity index is 2.10. The van der Waals surface area contributed by atoms with Gasteiger partial charge in [0.05, 0.1) is 23.4 Å². The molecule has 0 aliphatic rings. The maximum absolute atomic E-state index is 9.19. The van der Waals surface area contributed by atoms with Crippen LogP contribution in [0.4, 0.5) is 0 Å². The highest BCUT2D eigenvalue weighted by Gasteiger charge is 2.17. The first kappa shape index (κ1) is 12.3. The number of hydrogen-bond donors (Lipinski definition) is 3. The van der Waals surface area contributed by atoms with Gasteiger partial charge in [-0.15, -0.1) is 11.3 Å². The van der Waals surface area contributed by atoms with E-state index in [1.165, 1.54) is 4.88 Å². The summed E-state index contributed by atoms with van der Waals surface area (Å²) in [5, 5.41) is 21.7. The van der Waals surface area contributed by atoms with Gasteiger partial charge in [0.25, 0.3) is 0 Å². The maximum atomic E-state index is 9.19. The molecule has 0 aromatic carbocycles. The van der Waals surface area contributed by atoms with Crippen LogP contribution in [0.15, 0.2) is 23.7 Å². The summed E-state index contributed by atoms with van der Waals surface area (Å²) in [7, 11) is 0. The fraction of sp³-hybridized carbons (Fsp3) is 0.417. The molecular weight excluding hydrogens is 234 g/mol. The maximum Gasteiger partial charge on any atom is 0.0794 e. The molecule has 2 aromatic heterocycles. The predicted octanol–water partition coefficient (Wildman–Crippen LogP) is 2.00. The Labute approximate surface area is 105 Å². The number of H-pyrrole nitrogens is 1. The van der Waals surface area contributed by atoms with Crippen molar-refractivity contribution in [2.24, 2.45) is 0 Å². The van der Waals surface area contributed by atoms with Crippen molar-refractivity contribution in [1.82, 2.24) is 15.5 Å². The van der Waals surface area contributed by atoms with E-state index in [-0.39, 0.29) is 12.1 Å². The molecule has 0 amide bonds. The molecule has 0 aliphatic heterocycles. The van der Waals surface area contributed by atoms with Crippen molar-refractivity contribution in [3.05, 3.63) is 29.3 Å². The van der Waals surface area contributed by atoms with E-state index >= 15 is 0 Å². The molecule has 0 saturated carbocycles. The largest absolute Gasteiger partial charge is 0.394 e. The fourth-order valence-electron chi connectivity index (χ4n) is 1.47. The molecule has 0 aliphatic carbocycles. The van der Waals surface area contributed by atoms with Crippen molar-refractivity contribution in [2.75, 3.05) is 6.61 Å². The van der Waals surface area contributed by atoms with Gasteiger partial charge in [-0.25, -0.2) is 0 Å². The number of rotatable bonds is 5. The zero-order valence-electron chi connectivity index (χ0n) is 10.0. The Morgan fingerprint density at radius 3 is 3.00 bits per heavy atom. The van der Waals surface area contributed by atoms with Crippen molar-refractivity contribution in [3.8, 4) is 10.6 Å². The molecule has 0 fully saturated rings. The highest BCUT2D eigenvalue weighted by Crippen LogP contribution is 2.25. The van der Waals surface area contributed by atoms with E-state index in [2.05, 4.69) is 21.6 Å². The van der Waals surface area contributed by atoms with Gasteiger partial charge in [-0.05, 0) is 25.3 Å². The normalized spacial score (nSPS) is 11.9. The molecular formula is C12H17N3OS. The number of aliphatic hydroxyl groups is 1. The van der Waals surface area contributed by atoms with Crippen LogP contribution in [-0.4, -0.2) is 27.4 Å². The van der Waals surface area contributed by atoms with Gasteiger partial charge in [0.2, 0.25) is 0 Å². The number of aromatic amines is 1. The lowest BCUT2D eigenvalue weighted by Crippen LogP contribution is -2.42. The number of nitrogens with zero attached hydrogens (tertiary/aromatic N) is 1. The van der Waals surface area contributed by atoms with Gasteiger partial charge < -0.3 is 10.4 Å². The zero-order valence-corrected chi connectivity index (χ0v) is 10.8. The summed E-state index contributed by atoms with van der Waals surface area (Å²) in [5.74, 6) is 0. The van der Waals surface area contributed by atoms with Gasteiger partial charge in [-0.1, -0.05) is 6.07 Å². The first-order valence-corrected chi connectivity index (χ1v) is 6.42. The third kappa shape index (κ3) is 2.94. The van der Waals surface area contributed by atoms with Crippen LogP contribution in [0.25, 0.3) is 10.6 Å². The molecule has 92 valence electrons. The number of thiophene rings is 1. The van der Waals surface area contributed by atoms with Gasteiger partial charge in [0.1, 0.15) is 0 Å². The first-order chi connectivity index (χ1) is 8.12. The van der Waals surface area contributed by atoms with Gasteiger partial charge in [0.15, 0.2) is 0 Å². The molecule has 0 bridgehead atoms. The Hall–Kier alpha value is -1.17. The minimum absolute atomic E-state index is 0.110. The second-order valence-electron chi connectivity index (χ2n) is 4.64. The molecule has 4 nitrogen and oxygen atoms in total. The molecule has 0 spiro atoms. The number of hydrogen-bond acceptors (Lipinski definition) is 4. The second-order valence-corrected chi connectivity index (χ2v) is 5.59. The third-order valence-electron chi connectivity index (χ3n) is 2.64. The van der Waals surface area contributed by atoms with Crippen LogP contribution >= 0.6 is 11.3 Å². The number of aromatic nitrogens is 2.